The minimum atomic E-state index is -3.36. The van der Waals surface area contributed by atoms with Crippen LogP contribution in [-0.2, 0) is 4.79 Å². The highest BCUT2D eigenvalue weighted by atomic mass is 19.3. The molecule has 0 aliphatic rings. The summed E-state index contributed by atoms with van der Waals surface area (Å²) in [7, 11) is 0. The van der Waals surface area contributed by atoms with E-state index in [1.54, 1.807) is 0 Å². The van der Waals surface area contributed by atoms with Gasteiger partial charge in [-0.25, -0.2) is 8.78 Å². The van der Waals surface area contributed by atoms with Gasteiger partial charge in [0.2, 0.25) is 0 Å². The van der Waals surface area contributed by atoms with Crippen molar-refractivity contribution in [2.24, 2.45) is 16.6 Å². The number of hydrogen-bond acceptors (Lipinski definition) is 2. The Hall–Kier alpha value is -0.710. The molecule has 84 valence electrons. The fourth-order valence-electron chi connectivity index (χ4n) is 1.74. The van der Waals surface area contributed by atoms with E-state index in [-0.39, 0.29) is 0 Å². The van der Waals surface area contributed by atoms with Crippen molar-refractivity contribution in [3.8, 4) is 0 Å². The molecule has 0 heterocycles. The molecule has 14 heavy (non-hydrogen) atoms. The first-order valence-electron chi connectivity index (χ1n) is 4.32. The Morgan fingerprint density at radius 3 is 1.64 bits per heavy atom. The molecule has 0 saturated heterocycles. The summed E-state index contributed by atoms with van der Waals surface area (Å²) in [6.45, 7) is 4.36. The highest BCUT2D eigenvalue weighted by molar-refractivity contribution is 5.77. The van der Waals surface area contributed by atoms with Crippen LogP contribution in [0.25, 0.3) is 0 Å². The fourth-order valence-corrected chi connectivity index (χ4v) is 1.74. The summed E-state index contributed by atoms with van der Waals surface area (Å²) in [5, 5.41) is 8.94. The fraction of sp³-hybridized carbons (Fsp3) is 0.889. The van der Waals surface area contributed by atoms with Gasteiger partial charge in [0, 0.05) is 13.5 Å². The molecule has 0 aromatic carbocycles. The first kappa shape index (κ1) is 13.3. The lowest BCUT2D eigenvalue weighted by Gasteiger charge is -2.43. The van der Waals surface area contributed by atoms with Gasteiger partial charge in [-0.05, 0) is 5.41 Å². The monoisotopic (exact) mass is 209 g/mol. The smallest absolute Gasteiger partial charge is 0.317 e. The second-order valence-corrected chi connectivity index (χ2v) is 4.55. The predicted octanol–water partition coefficient (Wildman–Crippen LogP) is 1.72. The zero-order chi connectivity index (χ0) is 11.8. The minimum Gasteiger partial charge on any atom is -0.481 e. The Kier molecular flexibility index (Phi) is 3.28. The zero-order valence-electron chi connectivity index (χ0n) is 8.90. The van der Waals surface area contributed by atoms with Gasteiger partial charge in [0.25, 0.3) is 5.92 Å². The van der Waals surface area contributed by atoms with Gasteiger partial charge in [-0.1, -0.05) is 20.8 Å². The van der Waals surface area contributed by atoms with E-state index in [0.29, 0.717) is 6.92 Å². The van der Waals surface area contributed by atoms with Crippen LogP contribution in [0.3, 0.4) is 0 Å². The normalized spacial score (nSPS) is 17.6. The summed E-state index contributed by atoms with van der Waals surface area (Å²) >= 11 is 0. The first-order valence-corrected chi connectivity index (χ1v) is 4.32. The lowest BCUT2D eigenvalue weighted by atomic mass is 9.63. The lowest BCUT2D eigenvalue weighted by Crippen LogP contribution is -2.58. The summed E-state index contributed by atoms with van der Waals surface area (Å²) in [6, 6.07) is 0. The number of rotatable bonds is 3. The molecule has 0 bridgehead atoms. The van der Waals surface area contributed by atoms with Gasteiger partial charge in [-0.2, -0.15) is 0 Å². The summed E-state index contributed by atoms with van der Waals surface area (Å²) in [4.78, 5) is 11.0. The molecule has 0 amide bonds. The van der Waals surface area contributed by atoms with Gasteiger partial charge in [-0.3, -0.25) is 4.79 Å². The molecule has 3 nitrogen and oxygen atoms in total. The van der Waals surface area contributed by atoms with Gasteiger partial charge in [0.05, 0.1) is 0 Å². The van der Waals surface area contributed by atoms with Gasteiger partial charge in [0.1, 0.15) is 5.41 Å². The van der Waals surface area contributed by atoms with E-state index in [4.69, 9.17) is 10.8 Å². The van der Waals surface area contributed by atoms with Crippen LogP contribution < -0.4 is 5.73 Å². The third-order valence-electron chi connectivity index (χ3n) is 2.70. The zero-order valence-corrected chi connectivity index (χ0v) is 8.90. The van der Waals surface area contributed by atoms with Crippen LogP contribution in [0.5, 0.6) is 0 Å². The topological polar surface area (TPSA) is 63.3 Å². The summed E-state index contributed by atoms with van der Waals surface area (Å²) in [6.07, 6.45) is 0. The number of carboxylic acid groups (broad SMARTS) is 1. The Labute approximate surface area is 82.3 Å². The number of hydrogen-bond donors (Lipinski definition) is 2. The van der Waals surface area contributed by atoms with Crippen molar-refractivity contribution < 1.29 is 18.7 Å². The largest absolute Gasteiger partial charge is 0.481 e. The average molecular weight is 209 g/mol. The summed E-state index contributed by atoms with van der Waals surface area (Å²) < 4.78 is 26.7. The second kappa shape index (κ2) is 3.46. The van der Waals surface area contributed by atoms with Crippen molar-refractivity contribution >= 4 is 5.97 Å². The Morgan fingerprint density at radius 2 is 1.64 bits per heavy atom. The van der Waals surface area contributed by atoms with Gasteiger partial charge in [0.15, 0.2) is 0 Å². The molecule has 1 unspecified atom stereocenters. The van der Waals surface area contributed by atoms with Crippen LogP contribution in [0, 0.1) is 10.8 Å². The van der Waals surface area contributed by atoms with Crippen molar-refractivity contribution in [1.29, 1.82) is 0 Å². The van der Waals surface area contributed by atoms with Gasteiger partial charge in [-0.15, -0.1) is 0 Å². The molecule has 0 aliphatic carbocycles. The van der Waals surface area contributed by atoms with E-state index in [1.807, 2.05) is 0 Å². The number of halogens is 2. The van der Waals surface area contributed by atoms with E-state index in [9.17, 15) is 13.6 Å². The summed E-state index contributed by atoms with van der Waals surface area (Å²) in [5.41, 5.74) is 1.89. The molecule has 3 N–H and O–H groups in total. The van der Waals surface area contributed by atoms with Crippen LogP contribution in [-0.4, -0.2) is 23.5 Å². The third kappa shape index (κ3) is 1.73. The van der Waals surface area contributed by atoms with E-state index in [0.717, 1.165) is 0 Å². The van der Waals surface area contributed by atoms with Crippen molar-refractivity contribution in [2.45, 2.75) is 33.6 Å². The van der Waals surface area contributed by atoms with E-state index in [1.165, 1.54) is 20.8 Å². The van der Waals surface area contributed by atoms with E-state index in [2.05, 4.69) is 0 Å². The standard InChI is InChI=1S/C9H17F2NO2/c1-7(2,3)9(5-12,6(13)14)8(4,10)11/h5,12H2,1-4H3,(H,13,14). The first-order chi connectivity index (χ1) is 6.00. The molecule has 0 radical (unpaired) electrons. The second-order valence-electron chi connectivity index (χ2n) is 4.55. The van der Waals surface area contributed by atoms with Crippen molar-refractivity contribution in [3.05, 3.63) is 0 Å². The van der Waals surface area contributed by atoms with Gasteiger partial charge < -0.3 is 10.8 Å². The molecule has 0 aromatic rings. The SMILES string of the molecule is CC(C)(C)C(CN)(C(=O)O)C(C)(F)F. The number of alkyl halides is 2. The molecule has 5 heteroatoms. The number of aliphatic carboxylic acids is 1. The van der Waals surface area contributed by atoms with Gasteiger partial charge >= 0.3 is 5.97 Å². The molecule has 0 fully saturated rings. The van der Waals surface area contributed by atoms with E-state index < -0.39 is 29.3 Å². The maximum absolute atomic E-state index is 13.3. The lowest BCUT2D eigenvalue weighted by molar-refractivity contribution is -0.194. The maximum atomic E-state index is 13.3. The van der Waals surface area contributed by atoms with E-state index >= 15 is 0 Å². The Bertz CT molecular complexity index is 214. The van der Waals surface area contributed by atoms with Crippen LogP contribution in [0.1, 0.15) is 27.7 Å². The summed E-state index contributed by atoms with van der Waals surface area (Å²) in [5.74, 6) is -4.91. The van der Waals surface area contributed by atoms with Crippen LogP contribution >= 0.6 is 0 Å². The quantitative estimate of drug-likeness (QED) is 0.743. The third-order valence-corrected chi connectivity index (χ3v) is 2.70. The number of nitrogens with two attached hydrogens (primary N) is 1. The molecule has 0 aliphatic heterocycles. The average Bonchev–Trinajstić information content (AvgIpc) is 1.80. The molecular weight excluding hydrogens is 192 g/mol. The molecule has 0 aromatic heterocycles. The molecule has 0 saturated carbocycles. The van der Waals surface area contributed by atoms with Crippen molar-refractivity contribution in [3.63, 3.8) is 0 Å². The van der Waals surface area contributed by atoms with Crippen LogP contribution in [0.2, 0.25) is 0 Å². The molecule has 1 atom stereocenters. The highest BCUT2D eigenvalue weighted by Gasteiger charge is 2.62. The highest BCUT2D eigenvalue weighted by Crippen LogP contribution is 2.49. The Balaban J connectivity index is 5.58. The number of carboxylic acids is 1. The van der Waals surface area contributed by atoms with Crippen LogP contribution in [0.15, 0.2) is 0 Å². The maximum Gasteiger partial charge on any atom is 0.317 e. The molecule has 0 spiro atoms. The Morgan fingerprint density at radius 1 is 1.29 bits per heavy atom. The number of carbonyl (C=O) groups is 1. The van der Waals surface area contributed by atoms with Crippen molar-refractivity contribution in [1.82, 2.24) is 0 Å². The van der Waals surface area contributed by atoms with Crippen molar-refractivity contribution in [2.75, 3.05) is 6.54 Å². The van der Waals surface area contributed by atoms with Crippen LogP contribution in [0.4, 0.5) is 8.78 Å². The molecule has 0 rings (SSSR count). The predicted molar refractivity (Wildman–Crippen MR) is 49.2 cm³/mol. The molecular formula is C9H17F2NO2. The minimum absolute atomic E-state index is 0.588.